The largest absolute Gasteiger partial charge is 0.340 e. The summed E-state index contributed by atoms with van der Waals surface area (Å²) in [6.07, 6.45) is 11.9. The van der Waals surface area contributed by atoms with E-state index in [2.05, 4.69) is 58.0 Å². The summed E-state index contributed by atoms with van der Waals surface area (Å²) in [4.78, 5) is 12.7. The number of aryl methyl sites for hydroxylation is 1. The monoisotopic (exact) mass is 292 g/mol. The van der Waals surface area contributed by atoms with Crippen molar-refractivity contribution in [2.24, 2.45) is 0 Å². The van der Waals surface area contributed by atoms with Gasteiger partial charge in [0, 0.05) is 18.3 Å². The van der Waals surface area contributed by atoms with E-state index in [9.17, 15) is 0 Å². The van der Waals surface area contributed by atoms with Crippen molar-refractivity contribution in [3.8, 4) is 0 Å². The van der Waals surface area contributed by atoms with E-state index >= 15 is 0 Å². The van der Waals surface area contributed by atoms with Gasteiger partial charge in [-0.3, -0.25) is 0 Å². The summed E-state index contributed by atoms with van der Waals surface area (Å²) in [6.45, 7) is 2.85. The normalized spacial score (nSPS) is 18.1. The number of hydrogen-bond donors (Lipinski definition) is 1. The van der Waals surface area contributed by atoms with Crippen LogP contribution in [0.15, 0.2) is 42.7 Å². The number of aromatic nitrogens is 4. The standard InChI is InChI=1S/C18H20N4/c1-13-7-8-15-16(11-13)21-17(20-15)12-22-10-9-19-18(22)14-5-3-2-4-6-14/h2-3,7-11,14H,4-6,12H2,1H3,(H,20,21)/t14-/m0/s1. The first-order chi connectivity index (χ1) is 10.8. The predicted octanol–water partition coefficient (Wildman–Crippen LogP) is 3.94. The van der Waals surface area contributed by atoms with Gasteiger partial charge in [0.1, 0.15) is 11.6 Å². The lowest BCUT2D eigenvalue weighted by molar-refractivity contribution is 0.546. The second-order valence-electron chi connectivity index (χ2n) is 6.10. The lowest BCUT2D eigenvalue weighted by Crippen LogP contribution is -2.11. The molecule has 1 atom stereocenters. The van der Waals surface area contributed by atoms with Crippen molar-refractivity contribution in [3.05, 3.63) is 60.0 Å². The van der Waals surface area contributed by atoms with Crippen LogP contribution in [0.4, 0.5) is 0 Å². The minimum atomic E-state index is 0.534. The van der Waals surface area contributed by atoms with E-state index in [1.165, 1.54) is 17.8 Å². The zero-order chi connectivity index (χ0) is 14.9. The van der Waals surface area contributed by atoms with Crippen LogP contribution in [0.3, 0.4) is 0 Å². The van der Waals surface area contributed by atoms with Crippen molar-refractivity contribution >= 4 is 11.0 Å². The van der Waals surface area contributed by atoms with Crippen molar-refractivity contribution in [1.29, 1.82) is 0 Å². The Morgan fingerprint density at radius 3 is 3.14 bits per heavy atom. The fraction of sp³-hybridized carbons (Fsp3) is 0.333. The van der Waals surface area contributed by atoms with Crippen LogP contribution in [0.5, 0.6) is 0 Å². The van der Waals surface area contributed by atoms with Crippen LogP contribution in [0.25, 0.3) is 11.0 Å². The molecule has 4 rings (SSSR count). The molecule has 1 N–H and O–H groups in total. The maximum Gasteiger partial charge on any atom is 0.127 e. The Hall–Kier alpha value is -2.36. The third-order valence-corrected chi connectivity index (χ3v) is 4.39. The Morgan fingerprint density at radius 2 is 2.27 bits per heavy atom. The lowest BCUT2D eigenvalue weighted by atomic mass is 9.94. The molecule has 1 aliphatic rings. The highest BCUT2D eigenvalue weighted by molar-refractivity contribution is 5.75. The number of benzene rings is 1. The van der Waals surface area contributed by atoms with Gasteiger partial charge in [-0.25, -0.2) is 9.97 Å². The second-order valence-corrected chi connectivity index (χ2v) is 6.10. The third-order valence-electron chi connectivity index (χ3n) is 4.39. The molecule has 0 fully saturated rings. The molecule has 3 aromatic rings. The minimum Gasteiger partial charge on any atom is -0.340 e. The van der Waals surface area contributed by atoms with Crippen molar-refractivity contribution in [2.45, 2.75) is 38.6 Å². The number of rotatable bonds is 3. The van der Waals surface area contributed by atoms with E-state index in [4.69, 9.17) is 4.98 Å². The van der Waals surface area contributed by atoms with Gasteiger partial charge in [0.15, 0.2) is 0 Å². The summed E-state index contributed by atoms with van der Waals surface area (Å²) in [5.74, 6) is 2.71. The van der Waals surface area contributed by atoms with E-state index in [1.807, 2.05) is 6.20 Å². The summed E-state index contributed by atoms with van der Waals surface area (Å²) >= 11 is 0. The number of nitrogens with one attached hydrogen (secondary N) is 1. The van der Waals surface area contributed by atoms with Crippen LogP contribution >= 0.6 is 0 Å². The molecule has 2 aromatic heterocycles. The quantitative estimate of drug-likeness (QED) is 0.743. The van der Waals surface area contributed by atoms with Crippen molar-refractivity contribution in [2.75, 3.05) is 0 Å². The Kier molecular flexibility index (Phi) is 3.29. The molecule has 0 amide bonds. The molecule has 4 nitrogen and oxygen atoms in total. The molecule has 2 heterocycles. The molecule has 1 aliphatic carbocycles. The molecule has 0 saturated heterocycles. The highest BCUT2D eigenvalue weighted by Gasteiger charge is 2.18. The first-order valence-electron chi connectivity index (χ1n) is 7.91. The van der Waals surface area contributed by atoms with E-state index in [-0.39, 0.29) is 0 Å². The van der Waals surface area contributed by atoms with Crippen LogP contribution in [-0.4, -0.2) is 19.5 Å². The molecule has 0 spiro atoms. The van der Waals surface area contributed by atoms with Gasteiger partial charge >= 0.3 is 0 Å². The number of imidazole rings is 2. The van der Waals surface area contributed by atoms with E-state index in [0.29, 0.717) is 5.92 Å². The molecule has 4 heteroatoms. The van der Waals surface area contributed by atoms with Crippen LogP contribution < -0.4 is 0 Å². The van der Waals surface area contributed by atoms with Gasteiger partial charge in [-0.15, -0.1) is 0 Å². The molecule has 22 heavy (non-hydrogen) atoms. The van der Waals surface area contributed by atoms with E-state index < -0.39 is 0 Å². The first kappa shape index (κ1) is 13.3. The molecule has 0 bridgehead atoms. The maximum atomic E-state index is 4.70. The smallest absolute Gasteiger partial charge is 0.127 e. The number of allylic oxidation sites excluding steroid dienone is 2. The third kappa shape index (κ3) is 2.45. The molecule has 0 saturated carbocycles. The highest BCUT2D eigenvalue weighted by Crippen LogP contribution is 2.28. The number of nitrogens with zero attached hydrogens (tertiary/aromatic N) is 3. The van der Waals surface area contributed by atoms with Gasteiger partial charge in [0.25, 0.3) is 0 Å². The Morgan fingerprint density at radius 1 is 1.32 bits per heavy atom. The molecular formula is C18H20N4. The van der Waals surface area contributed by atoms with Gasteiger partial charge in [0.2, 0.25) is 0 Å². The number of fused-ring (bicyclic) bond motifs is 1. The van der Waals surface area contributed by atoms with Gasteiger partial charge in [-0.2, -0.15) is 0 Å². The van der Waals surface area contributed by atoms with Gasteiger partial charge < -0.3 is 9.55 Å². The number of aromatic amines is 1. The summed E-state index contributed by atoms with van der Waals surface area (Å²) < 4.78 is 2.23. The zero-order valence-electron chi connectivity index (χ0n) is 12.8. The zero-order valence-corrected chi connectivity index (χ0v) is 12.8. The van der Waals surface area contributed by atoms with Crippen LogP contribution in [0.1, 0.15) is 42.4 Å². The maximum absolute atomic E-state index is 4.70. The number of hydrogen-bond acceptors (Lipinski definition) is 2. The van der Waals surface area contributed by atoms with E-state index in [0.717, 1.165) is 36.2 Å². The average Bonchev–Trinajstić information content (AvgIpc) is 3.14. The highest BCUT2D eigenvalue weighted by atomic mass is 15.1. The number of H-pyrrole nitrogens is 1. The molecule has 112 valence electrons. The SMILES string of the molecule is Cc1ccc2nc(Cn3ccnc3[C@H]3CC=CCC3)[nH]c2c1. The Bertz CT molecular complexity index is 825. The van der Waals surface area contributed by atoms with Gasteiger partial charge in [0.05, 0.1) is 17.6 Å². The Balaban J connectivity index is 1.62. The molecule has 0 aliphatic heterocycles. The summed E-state index contributed by atoms with van der Waals surface area (Å²) in [7, 11) is 0. The van der Waals surface area contributed by atoms with Crippen LogP contribution in [-0.2, 0) is 6.54 Å². The molecule has 0 unspecified atom stereocenters. The van der Waals surface area contributed by atoms with Crippen LogP contribution in [0.2, 0.25) is 0 Å². The van der Waals surface area contributed by atoms with Crippen LogP contribution in [0, 0.1) is 6.92 Å². The molecular weight excluding hydrogens is 272 g/mol. The minimum absolute atomic E-state index is 0.534. The summed E-state index contributed by atoms with van der Waals surface area (Å²) in [6, 6.07) is 6.32. The van der Waals surface area contributed by atoms with Crippen molar-refractivity contribution in [1.82, 2.24) is 19.5 Å². The first-order valence-corrected chi connectivity index (χ1v) is 7.91. The molecule has 0 radical (unpaired) electrons. The fourth-order valence-corrected chi connectivity index (χ4v) is 3.25. The Labute approximate surface area is 129 Å². The molecule has 1 aromatic carbocycles. The average molecular weight is 292 g/mol. The second kappa shape index (κ2) is 5.44. The van der Waals surface area contributed by atoms with Gasteiger partial charge in [-0.05, 0) is 43.9 Å². The summed E-state index contributed by atoms with van der Waals surface area (Å²) in [5, 5.41) is 0. The fourth-order valence-electron chi connectivity index (χ4n) is 3.25. The van der Waals surface area contributed by atoms with Crippen molar-refractivity contribution in [3.63, 3.8) is 0 Å². The van der Waals surface area contributed by atoms with Crippen molar-refractivity contribution < 1.29 is 0 Å². The predicted molar refractivity (Wildman–Crippen MR) is 87.9 cm³/mol. The van der Waals surface area contributed by atoms with Gasteiger partial charge in [-0.1, -0.05) is 18.2 Å². The lowest BCUT2D eigenvalue weighted by Gasteiger charge is -2.18. The topological polar surface area (TPSA) is 46.5 Å². The van der Waals surface area contributed by atoms with E-state index in [1.54, 1.807) is 0 Å². The summed E-state index contributed by atoms with van der Waals surface area (Å²) in [5.41, 5.74) is 3.39.